The van der Waals surface area contributed by atoms with Crippen molar-refractivity contribution in [2.75, 3.05) is 0 Å². The standard InChI is InChI=1S/C36H32OP2/c1-5-17-29(18-6-1)38(30-19-7-2-8-20-30)35-27-15-13-25-33(35)37-34-26-14-16-28-36(34)39(31-21-9-3-10-22-31)32-23-11-4-12-24-32/h1-3,5-7,9-11,13-19,21-28H,4,8,12,20H2. The van der Waals surface area contributed by atoms with E-state index in [0.717, 1.165) is 37.2 Å². The first-order chi connectivity index (χ1) is 19.4. The Balaban J connectivity index is 1.44. The molecule has 0 saturated heterocycles. The smallest absolute Gasteiger partial charge is 0.135 e. The van der Waals surface area contributed by atoms with Gasteiger partial charge in [-0.2, -0.15) is 0 Å². The van der Waals surface area contributed by atoms with E-state index in [9.17, 15) is 0 Å². The van der Waals surface area contributed by atoms with Crippen molar-refractivity contribution >= 4 is 37.1 Å². The lowest BCUT2D eigenvalue weighted by Crippen LogP contribution is -2.18. The highest BCUT2D eigenvalue weighted by atomic mass is 31.1. The lowest BCUT2D eigenvalue weighted by atomic mass is 10.2. The molecule has 2 aliphatic rings. The average Bonchev–Trinajstić information content (AvgIpc) is 3.01. The average molecular weight is 543 g/mol. The predicted molar refractivity (Wildman–Crippen MR) is 171 cm³/mol. The van der Waals surface area contributed by atoms with Gasteiger partial charge < -0.3 is 4.74 Å². The summed E-state index contributed by atoms with van der Waals surface area (Å²) in [5.74, 6) is 1.90. The molecule has 0 heterocycles. The van der Waals surface area contributed by atoms with Crippen LogP contribution in [0.1, 0.15) is 25.7 Å². The fourth-order valence-electron chi connectivity index (χ4n) is 5.16. The fourth-order valence-corrected chi connectivity index (χ4v) is 10.2. The Morgan fingerprint density at radius 1 is 0.538 bits per heavy atom. The van der Waals surface area contributed by atoms with Gasteiger partial charge in [0.25, 0.3) is 0 Å². The molecule has 0 aliphatic heterocycles. The topological polar surface area (TPSA) is 9.23 Å². The number of ether oxygens (including phenoxy) is 1. The lowest BCUT2D eigenvalue weighted by Gasteiger charge is -2.27. The second kappa shape index (κ2) is 12.6. The molecule has 192 valence electrons. The summed E-state index contributed by atoms with van der Waals surface area (Å²) in [5, 5.41) is 8.14. The molecule has 0 radical (unpaired) electrons. The van der Waals surface area contributed by atoms with Crippen LogP contribution >= 0.6 is 15.8 Å². The molecule has 0 saturated carbocycles. The summed E-state index contributed by atoms with van der Waals surface area (Å²) in [6.07, 6.45) is 18.2. The van der Waals surface area contributed by atoms with Crippen LogP contribution in [0, 0.1) is 0 Å². The van der Waals surface area contributed by atoms with Crippen molar-refractivity contribution in [1.82, 2.24) is 0 Å². The summed E-state index contributed by atoms with van der Waals surface area (Å²) in [6, 6.07) is 39.2. The summed E-state index contributed by atoms with van der Waals surface area (Å²) in [5.41, 5.74) is 0. The molecule has 4 aromatic rings. The van der Waals surface area contributed by atoms with Gasteiger partial charge in [-0.1, -0.05) is 134 Å². The van der Waals surface area contributed by atoms with E-state index in [-0.39, 0.29) is 0 Å². The Morgan fingerprint density at radius 2 is 1.13 bits per heavy atom. The van der Waals surface area contributed by atoms with Gasteiger partial charge in [0.05, 0.1) is 0 Å². The van der Waals surface area contributed by atoms with Gasteiger partial charge in [0.2, 0.25) is 0 Å². The first kappa shape index (κ1) is 25.8. The second-order valence-corrected chi connectivity index (χ2v) is 14.0. The Hall–Kier alpha value is -3.50. The minimum atomic E-state index is -0.733. The van der Waals surface area contributed by atoms with Crippen LogP contribution in [-0.2, 0) is 0 Å². The summed E-state index contributed by atoms with van der Waals surface area (Å²) in [7, 11) is -1.43. The Morgan fingerprint density at radius 3 is 1.72 bits per heavy atom. The minimum Gasteiger partial charge on any atom is -0.456 e. The largest absolute Gasteiger partial charge is 0.456 e. The van der Waals surface area contributed by atoms with Crippen LogP contribution in [0.5, 0.6) is 11.5 Å². The van der Waals surface area contributed by atoms with Gasteiger partial charge in [-0.15, -0.1) is 0 Å². The minimum absolute atomic E-state index is 0.699. The van der Waals surface area contributed by atoms with E-state index in [1.807, 2.05) is 0 Å². The molecule has 2 atom stereocenters. The Kier molecular flexibility index (Phi) is 8.30. The third-order valence-electron chi connectivity index (χ3n) is 6.97. The normalized spacial score (nSPS) is 16.2. The van der Waals surface area contributed by atoms with Crippen molar-refractivity contribution in [3.05, 3.63) is 156 Å². The van der Waals surface area contributed by atoms with Crippen LogP contribution < -0.4 is 26.0 Å². The quantitative estimate of drug-likeness (QED) is 0.202. The van der Waals surface area contributed by atoms with Gasteiger partial charge in [-0.25, -0.2) is 0 Å². The van der Waals surface area contributed by atoms with Crippen molar-refractivity contribution in [3.8, 4) is 11.5 Å². The monoisotopic (exact) mass is 542 g/mol. The zero-order valence-corrected chi connectivity index (χ0v) is 23.8. The molecule has 0 N–H and O–H groups in total. The number of benzene rings is 4. The van der Waals surface area contributed by atoms with Gasteiger partial charge in [-0.3, -0.25) is 0 Å². The lowest BCUT2D eigenvalue weighted by molar-refractivity contribution is 0.490. The number of allylic oxidation sites excluding steroid dienone is 8. The maximum atomic E-state index is 6.96. The molecule has 6 rings (SSSR count). The molecule has 0 amide bonds. The van der Waals surface area contributed by atoms with E-state index in [2.05, 4.69) is 146 Å². The molecule has 0 spiro atoms. The molecule has 4 aromatic carbocycles. The maximum Gasteiger partial charge on any atom is 0.135 e. The zero-order chi connectivity index (χ0) is 26.3. The summed E-state index contributed by atoms with van der Waals surface area (Å²) in [4.78, 5) is 0. The van der Waals surface area contributed by atoms with Gasteiger partial charge in [-0.05, 0) is 74.9 Å². The van der Waals surface area contributed by atoms with Crippen LogP contribution in [0.3, 0.4) is 0 Å². The molecular weight excluding hydrogens is 510 g/mol. The van der Waals surface area contributed by atoms with Crippen LogP contribution in [0.25, 0.3) is 0 Å². The van der Waals surface area contributed by atoms with Crippen molar-refractivity contribution in [1.29, 1.82) is 0 Å². The highest BCUT2D eigenvalue weighted by molar-refractivity contribution is 7.77. The number of hydrogen-bond donors (Lipinski definition) is 0. The third-order valence-corrected chi connectivity index (χ3v) is 12.1. The molecule has 1 nitrogen and oxygen atoms in total. The van der Waals surface area contributed by atoms with E-state index in [0.29, 0.717) is 0 Å². The number of hydrogen-bond acceptors (Lipinski definition) is 1. The van der Waals surface area contributed by atoms with Crippen molar-refractivity contribution in [2.45, 2.75) is 25.7 Å². The van der Waals surface area contributed by atoms with Gasteiger partial charge in [0.1, 0.15) is 11.5 Å². The van der Waals surface area contributed by atoms with Crippen molar-refractivity contribution < 1.29 is 4.74 Å². The maximum absolute atomic E-state index is 6.96. The highest BCUT2D eigenvalue weighted by Crippen LogP contribution is 2.50. The summed E-state index contributed by atoms with van der Waals surface area (Å²) >= 11 is 0. The fraction of sp³-hybridized carbons (Fsp3) is 0.111. The van der Waals surface area contributed by atoms with Gasteiger partial charge in [0.15, 0.2) is 0 Å². The summed E-state index contributed by atoms with van der Waals surface area (Å²) in [6.45, 7) is 0. The molecular formula is C36H32OP2. The van der Waals surface area contributed by atoms with Crippen LogP contribution in [-0.4, -0.2) is 0 Å². The van der Waals surface area contributed by atoms with Crippen LogP contribution in [0.15, 0.2) is 156 Å². The molecule has 0 fully saturated rings. The van der Waals surface area contributed by atoms with E-state index in [4.69, 9.17) is 4.74 Å². The zero-order valence-electron chi connectivity index (χ0n) is 22.0. The van der Waals surface area contributed by atoms with E-state index >= 15 is 0 Å². The van der Waals surface area contributed by atoms with Gasteiger partial charge >= 0.3 is 0 Å². The van der Waals surface area contributed by atoms with E-state index < -0.39 is 15.8 Å². The number of para-hydroxylation sites is 2. The van der Waals surface area contributed by atoms with Crippen molar-refractivity contribution in [2.24, 2.45) is 0 Å². The highest BCUT2D eigenvalue weighted by Gasteiger charge is 2.25. The Bertz CT molecular complexity index is 1530. The molecule has 0 bridgehead atoms. The molecule has 0 aromatic heterocycles. The second-order valence-electron chi connectivity index (χ2n) is 9.61. The van der Waals surface area contributed by atoms with E-state index in [1.165, 1.54) is 31.8 Å². The molecule has 2 aliphatic carbocycles. The van der Waals surface area contributed by atoms with Crippen LogP contribution in [0.2, 0.25) is 0 Å². The Labute approximate surface area is 234 Å². The summed E-state index contributed by atoms with van der Waals surface area (Å²) < 4.78 is 6.96. The van der Waals surface area contributed by atoms with E-state index in [1.54, 1.807) is 0 Å². The molecule has 39 heavy (non-hydrogen) atoms. The predicted octanol–water partition coefficient (Wildman–Crippen LogP) is 8.81. The first-order valence-corrected chi connectivity index (χ1v) is 16.4. The van der Waals surface area contributed by atoms with Crippen molar-refractivity contribution in [3.63, 3.8) is 0 Å². The molecule has 3 heteroatoms. The van der Waals surface area contributed by atoms with Gasteiger partial charge in [0, 0.05) is 10.6 Å². The molecule has 2 unspecified atom stereocenters. The third kappa shape index (κ3) is 5.91. The first-order valence-electron chi connectivity index (χ1n) is 13.7. The number of rotatable bonds is 8. The SMILES string of the molecule is C1=CCCC(P(c2ccccc2)c2ccccc2Oc2ccccc2P(C2=CCCC=C2)c2ccccc2)=C1. The van der Waals surface area contributed by atoms with Crippen LogP contribution in [0.4, 0.5) is 0 Å².